The molecule has 1 fully saturated rings. The van der Waals surface area contributed by atoms with E-state index in [1.165, 1.54) is 10.7 Å². The number of aromatic nitrogens is 1. The maximum Gasteiger partial charge on any atom is 0.160 e. The van der Waals surface area contributed by atoms with Crippen LogP contribution in [0.15, 0.2) is 59.7 Å². The third kappa shape index (κ3) is 2.23. The van der Waals surface area contributed by atoms with Gasteiger partial charge in [0.2, 0.25) is 0 Å². The van der Waals surface area contributed by atoms with Crippen molar-refractivity contribution in [1.29, 1.82) is 0 Å². The SMILES string of the molecule is C[C@H]1CN2C(=N[C@@H](c3ccccn3)[C@@H]2c2ccccc2)S1. The van der Waals surface area contributed by atoms with E-state index < -0.39 is 0 Å². The molecule has 2 aliphatic rings. The van der Waals surface area contributed by atoms with Gasteiger partial charge in [0, 0.05) is 18.0 Å². The number of aliphatic imine (C=N–C) groups is 1. The second-order valence-corrected chi connectivity index (χ2v) is 6.95. The van der Waals surface area contributed by atoms with Crippen LogP contribution in [0, 0.1) is 0 Å². The summed E-state index contributed by atoms with van der Waals surface area (Å²) in [5, 5.41) is 1.78. The quantitative estimate of drug-likeness (QED) is 0.846. The molecule has 106 valence electrons. The first-order valence-corrected chi connectivity index (χ1v) is 8.18. The van der Waals surface area contributed by atoms with E-state index >= 15 is 0 Å². The van der Waals surface area contributed by atoms with Crippen LogP contribution in [0.5, 0.6) is 0 Å². The molecule has 0 amide bonds. The first kappa shape index (κ1) is 12.9. The van der Waals surface area contributed by atoms with Gasteiger partial charge in [0.15, 0.2) is 5.17 Å². The third-order valence-corrected chi connectivity index (χ3v) is 5.12. The lowest BCUT2D eigenvalue weighted by Gasteiger charge is -2.27. The van der Waals surface area contributed by atoms with Crippen molar-refractivity contribution in [2.24, 2.45) is 4.99 Å². The standard InChI is InChI=1S/C17H17N3S/c1-12-11-20-16(13-7-3-2-4-8-13)15(19-17(20)21-12)14-9-5-6-10-18-14/h2-10,12,15-16H,11H2,1H3/t12-,15-,16-/m0/s1. The average molecular weight is 295 g/mol. The largest absolute Gasteiger partial charge is 0.341 e. The van der Waals surface area contributed by atoms with Crippen molar-refractivity contribution in [3.8, 4) is 0 Å². The van der Waals surface area contributed by atoms with Crippen molar-refractivity contribution >= 4 is 16.9 Å². The van der Waals surface area contributed by atoms with Crippen molar-refractivity contribution in [1.82, 2.24) is 9.88 Å². The van der Waals surface area contributed by atoms with Crippen molar-refractivity contribution in [2.45, 2.75) is 24.3 Å². The highest BCUT2D eigenvalue weighted by Crippen LogP contribution is 2.47. The first-order valence-electron chi connectivity index (χ1n) is 7.30. The number of hydrogen-bond donors (Lipinski definition) is 0. The molecule has 3 nitrogen and oxygen atoms in total. The number of amidine groups is 1. The second kappa shape index (κ2) is 5.19. The molecule has 0 N–H and O–H groups in total. The van der Waals surface area contributed by atoms with E-state index in [2.05, 4.69) is 53.2 Å². The minimum Gasteiger partial charge on any atom is -0.341 e. The van der Waals surface area contributed by atoms with Crippen LogP contribution in [0.25, 0.3) is 0 Å². The van der Waals surface area contributed by atoms with Gasteiger partial charge in [-0.15, -0.1) is 0 Å². The molecule has 21 heavy (non-hydrogen) atoms. The summed E-state index contributed by atoms with van der Waals surface area (Å²) in [5.41, 5.74) is 2.38. The molecule has 2 aliphatic heterocycles. The Bertz CT molecular complexity index is 656. The molecule has 0 saturated carbocycles. The van der Waals surface area contributed by atoms with Gasteiger partial charge in [0.05, 0.1) is 11.7 Å². The lowest BCUT2D eigenvalue weighted by molar-refractivity contribution is 0.321. The van der Waals surface area contributed by atoms with Gasteiger partial charge >= 0.3 is 0 Å². The minimum atomic E-state index is 0.101. The molecule has 1 aromatic carbocycles. The topological polar surface area (TPSA) is 28.5 Å². The Morgan fingerprint density at radius 1 is 1.10 bits per heavy atom. The van der Waals surface area contributed by atoms with E-state index in [0.717, 1.165) is 12.2 Å². The lowest BCUT2D eigenvalue weighted by Crippen LogP contribution is -2.28. The van der Waals surface area contributed by atoms with Crippen LogP contribution in [-0.2, 0) is 0 Å². The zero-order valence-corrected chi connectivity index (χ0v) is 12.7. The Kier molecular flexibility index (Phi) is 3.19. The Morgan fingerprint density at radius 2 is 1.90 bits per heavy atom. The average Bonchev–Trinajstić information content (AvgIpc) is 3.05. The Morgan fingerprint density at radius 3 is 2.67 bits per heavy atom. The number of rotatable bonds is 2. The summed E-state index contributed by atoms with van der Waals surface area (Å²) >= 11 is 1.88. The zero-order valence-electron chi connectivity index (χ0n) is 11.9. The molecule has 0 aliphatic carbocycles. The molecule has 0 radical (unpaired) electrons. The van der Waals surface area contributed by atoms with Crippen LogP contribution in [0.4, 0.5) is 0 Å². The summed E-state index contributed by atoms with van der Waals surface area (Å²) in [6.07, 6.45) is 1.86. The van der Waals surface area contributed by atoms with Crippen LogP contribution in [0.1, 0.15) is 30.3 Å². The summed E-state index contributed by atoms with van der Waals surface area (Å²) in [7, 11) is 0. The minimum absolute atomic E-state index is 0.101. The molecule has 3 atom stereocenters. The number of fused-ring (bicyclic) bond motifs is 1. The van der Waals surface area contributed by atoms with E-state index in [9.17, 15) is 0 Å². The first-order chi connectivity index (χ1) is 10.3. The maximum atomic E-state index is 4.97. The van der Waals surface area contributed by atoms with Crippen LogP contribution in [0.2, 0.25) is 0 Å². The molecule has 0 unspecified atom stereocenters. The molecular weight excluding hydrogens is 278 g/mol. The summed E-state index contributed by atoms with van der Waals surface area (Å²) < 4.78 is 0. The van der Waals surface area contributed by atoms with Gasteiger partial charge in [-0.1, -0.05) is 55.1 Å². The predicted molar refractivity (Wildman–Crippen MR) is 87.4 cm³/mol. The van der Waals surface area contributed by atoms with Crippen molar-refractivity contribution in [3.63, 3.8) is 0 Å². The van der Waals surface area contributed by atoms with Crippen LogP contribution >= 0.6 is 11.8 Å². The molecule has 0 spiro atoms. The number of benzene rings is 1. The van der Waals surface area contributed by atoms with Crippen molar-refractivity contribution in [3.05, 3.63) is 66.0 Å². The van der Waals surface area contributed by atoms with E-state index in [0.29, 0.717) is 5.25 Å². The van der Waals surface area contributed by atoms with Gasteiger partial charge in [0.1, 0.15) is 6.04 Å². The number of thioether (sulfide) groups is 1. The Labute approximate surface area is 129 Å². The van der Waals surface area contributed by atoms with Gasteiger partial charge in [-0.2, -0.15) is 0 Å². The fraction of sp³-hybridized carbons (Fsp3) is 0.294. The normalized spacial score (nSPS) is 27.6. The molecule has 1 aromatic heterocycles. The molecule has 1 saturated heterocycles. The Hall–Kier alpha value is -1.81. The monoisotopic (exact) mass is 295 g/mol. The molecule has 4 rings (SSSR count). The summed E-state index contributed by atoms with van der Waals surface area (Å²) in [6.45, 7) is 3.33. The van der Waals surface area contributed by atoms with Crippen LogP contribution < -0.4 is 0 Å². The highest BCUT2D eigenvalue weighted by molar-refractivity contribution is 8.14. The summed E-state index contributed by atoms with van der Waals surface area (Å²) in [6, 6.07) is 17.1. The number of nitrogens with zero attached hydrogens (tertiary/aromatic N) is 3. The van der Waals surface area contributed by atoms with E-state index in [-0.39, 0.29) is 12.1 Å². The van der Waals surface area contributed by atoms with Gasteiger partial charge in [0.25, 0.3) is 0 Å². The third-order valence-electron chi connectivity index (χ3n) is 4.02. The molecule has 0 bridgehead atoms. The molecule has 2 aromatic rings. The van der Waals surface area contributed by atoms with Crippen LogP contribution in [-0.4, -0.2) is 26.8 Å². The Balaban J connectivity index is 1.77. The molecular formula is C17H17N3S. The highest BCUT2D eigenvalue weighted by Gasteiger charge is 2.43. The van der Waals surface area contributed by atoms with E-state index in [1.807, 2.05) is 30.1 Å². The van der Waals surface area contributed by atoms with E-state index in [4.69, 9.17) is 4.99 Å². The fourth-order valence-electron chi connectivity index (χ4n) is 3.13. The molecule has 3 heterocycles. The summed E-state index contributed by atoms with van der Waals surface area (Å²) in [4.78, 5) is 12.0. The highest BCUT2D eigenvalue weighted by atomic mass is 32.2. The number of pyridine rings is 1. The van der Waals surface area contributed by atoms with Crippen molar-refractivity contribution in [2.75, 3.05) is 6.54 Å². The molecule has 4 heteroatoms. The van der Waals surface area contributed by atoms with E-state index in [1.54, 1.807) is 0 Å². The van der Waals surface area contributed by atoms with Gasteiger partial charge in [-0.05, 0) is 17.7 Å². The van der Waals surface area contributed by atoms with Gasteiger partial charge in [-0.3, -0.25) is 9.98 Å². The second-order valence-electron chi connectivity index (χ2n) is 5.55. The lowest BCUT2D eigenvalue weighted by atomic mass is 9.96. The van der Waals surface area contributed by atoms with Crippen molar-refractivity contribution < 1.29 is 0 Å². The number of hydrogen-bond acceptors (Lipinski definition) is 4. The van der Waals surface area contributed by atoms with Gasteiger partial charge in [-0.25, -0.2) is 0 Å². The van der Waals surface area contributed by atoms with Crippen LogP contribution in [0.3, 0.4) is 0 Å². The maximum absolute atomic E-state index is 4.97. The zero-order chi connectivity index (χ0) is 14.2. The predicted octanol–water partition coefficient (Wildman–Crippen LogP) is 3.67. The smallest absolute Gasteiger partial charge is 0.160 e. The summed E-state index contributed by atoms with van der Waals surface area (Å²) in [5.74, 6) is 0. The van der Waals surface area contributed by atoms with Gasteiger partial charge < -0.3 is 4.90 Å². The fourth-order valence-corrected chi connectivity index (χ4v) is 4.22.